The molecule has 6 atom stereocenters. The maximum Gasteiger partial charge on any atom is 0.264 e. The third kappa shape index (κ3) is 6.97. The number of carbonyl (C=O) groups excluding carboxylic acids is 3. The highest BCUT2D eigenvalue weighted by Gasteiger charge is 2.66. The highest BCUT2D eigenvalue weighted by molar-refractivity contribution is 6.91. The van der Waals surface area contributed by atoms with Crippen LogP contribution in [0.5, 0.6) is 5.75 Å². The van der Waals surface area contributed by atoms with Crippen molar-refractivity contribution in [3.63, 3.8) is 0 Å². The van der Waals surface area contributed by atoms with Crippen LogP contribution >= 0.6 is 11.6 Å². The van der Waals surface area contributed by atoms with Gasteiger partial charge in [0.25, 0.3) is 11.8 Å². The van der Waals surface area contributed by atoms with Gasteiger partial charge >= 0.3 is 0 Å². The zero-order chi connectivity index (χ0) is 39.2. The summed E-state index contributed by atoms with van der Waals surface area (Å²) < 4.78 is 12.7. The minimum absolute atomic E-state index is 0.0379. The van der Waals surface area contributed by atoms with Gasteiger partial charge in [-0.25, -0.2) is 0 Å². The molecule has 3 amide bonds. The topological polar surface area (TPSA) is 129 Å². The first kappa shape index (κ1) is 38.7. The number of carbonyl (C=O) groups is 3. The molecule has 0 bridgehead atoms. The van der Waals surface area contributed by atoms with Crippen molar-refractivity contribution in [1.82, 2.24) is 4.90 Å². The molecule has 1 fully saturated rings. The van der Waals surface area contributed by atoms with E-state index in [4.69, 9.17) is 21.1 Å². The lowest BCUT2D eigenvalue weighted by atomic mass is 9.82. The lowest BCUT2D eigenvalue weighted by molar-refractivity contribution is -0.151. The van der Waals surface area contributed by atoms with Gasteiger partial charge in [0.05, 0.1) is 52.6 Å². The predicted molar refractivity (Wildman–Crippen MR) is 215 cm³/mol. The molecule has 55 heavy (non-hydrogen) atoms. The fraction of sp³-hybridized carbons (Fsp3) is 0.372. The molecule has 3 aliphatic rings. The van der Waals surface area contributed by atoms with Crippen molar-refractivity contribution in [3.8, 4) is 5.75 Å². The van der Waals surface area contributed by atoms with Crippen LogP contribution in [0.3, 0.4) is 0 Å². The number of aliphatic hydroxyl groups is 2. The van der Waals surface area contributed by atoms with Crippen LogP contribution in [0, 0.1) is 5.92 Å². The van der Waals surface area contributed by atoms with E-state index in [-0.39, 0.29) is 48.9 Å². The van der Waals surface area contributed by atoms with Gasteiger partial charge < -0.3 is 34.8 Å². The molecule has 288 valence electrons. The summed E-state index contributed by atoms with van der Waals surface area (Å²) in [5.41, 5.74) is 3.15. The van der Waals surface area contributed by atoms with Gasteiger partial charge in [-0.05, 0) is 78.0 Å². The molecule has 0 aromatic heterocycles. The Bertz CT molecular complexity index is 2110. The van der Waals surface area contributed by atoms with Gasteiger partial charge in [-0.3, -0.25) is 14.4 Å². The number of rotatable bonds is 10. The number of fused-ring (bicyclic) bond motifs is 3. The maximum absolute atomic E-state index is 15.3. The summed E-state index contributed by atoms with van der Waals surface area (Å²) >= 11 is 6.70. The van der Waals surface area contributed by atoms with E-state index < -0.39 is 31.8 Å². The van der Waals surface area contributed by atoms with Crippen LogP contribution in [0.15, 0.2) is 91.0 Å². The Morgan fingerprint density at radius 1 is 1.04 bits per heavy atom. The van der Waals surface area contributed by atoms with E-state index in [1.54, 1.807) is 41.2 Å². The van der Waals surface area contributed by atoms with Crippen LogP contribution in [0.1, 0.15) is 42.5 Å². The van der Waals surface area contributed by atoms with E-state index in [1.165, 1.54) is 6.92 Å². The van der Waals surface area contributed by atoms with E-state index in [0.717, 1.165) is 27.6 Å². The molecule has 0 saturated carbocycles. The van der Waals surface area contributed by atoms with Crippen molar-refractivity contribution < 1.29 is 34.1 Å². The standard InChI is InChI=1S/C43H48ClN3O7Si/c1-26-40(55(4,5)35-16-14-34(53-3)15-17-35)38(22-39(50)46-24-30-11-7-6-10-29(30)20-33(46)25-48)54-43(26)36-21-31(44)13-18-37(36)47(42(43)52)23-28-9-8-12-32(19-28)45-41(51)27(2)49/h6-19,21,26-27,33,38,40,48-49H,20,22-25H2,1-5H3,(H,45,51)/t26-,27-,33-,38+,40-,43+/m0/s1. The summed E-state index contributed by atoms with van der Waals surface area (Å²) in [4.78, 5) is 45.6. The van der Waals surface area contributed by atoms with Crippen LogP contribution in [0.4, 0.5) is 11.4 Å². The van der Waals surface area contributed by atoms with Gasteiger partial charge in [-0.15, -0.1) is 0 Å². The van der Waals surface area contributed by atoms with Crippen LogP contribution in [0.25, 0.3) is 0 Å². The van der Waals surface area contributed by atoms with E-state index in [1.807, 2.05) is 54.6 Å². The van der Waals surface area contributed by atoms with Crippen molar-refractivity contribution in [2.75, 3.05) is 23.9 Å². The summed E-state index contributed by atoms with van der Waals surface area (Å²) in [7, 11) is -0.924. The predicted octanol–water partition coefficient (Wildman–Crippen LogP) is 5.77. The van der Waals surface area contributed by atoms with Crippen LogP contribution in [-0.2, 0) is 44.2 Å². The molecule has 10 nitrogen and oxygen atoms in total. The molecule has 0 radical (unpaired) electrons. The summed E-state index contributed by atoms with van der Waals surface area (Å²) in [6.07, 6.45) is -1.21. The second-order valence-corrected chi connectivity index (χ2v) is 20.7. The SMILES string of the molecule is COc1ccc([Si](C)(C)[C@@H]2[C@@H](CC(=O)N3Cc4ccccc4C[C@H]3CO)O[C@]3(C(=O)N(Cc4cccc(NC(=O)[C@H](C)O)c4)c4ccc(Cl)cc43)[C@H]2C)cc1. The number of nitrogens with zero attached hydrogens (tertiary/aromatic N) is 2. The van der Waals surface area contributed by atoms with Crippen LogP contribution in [0.2, 0.25) is 23.7 Å². The first-order chi connectivity index (χ1) is 26.3. The van der Waals surface area contributed by atoms with Gasteiger partial charge in [0.1, 0.15) is 11.9 Å². The molecule has 4 aromatic rings. The Kier molecular flexibility index (Phi) is 10.7. The first-order valence-electron chi connectivity index (χ1n) is 18.8. The summed E-state index contributed by atoms with van der Waals surface area (Å²) in [6.45, 7) is 8.42. The molecule has 1 spiro atoms. The number of nitrogens with one attached hydrogen (secondary N) is 1. The molecular formula is C43H48ClN3O7Si. The molecule has 1 saturated heterocycles. The summed E-state index contributed by atoms with van der Waals surface area (Å²) in [5, 5.41) is 24.5. The van der Waals surface area contributed by atoms with Gasteiger partial charge in [-0.1, -0.05) is 85.3 Å². The van der Waals surface area contributed by atoms with Crippen molar-refractivity contribution in [2.24, 2.45) is 5.92 Å². The number of benzene rings is 4. The van der Waals surface area contributed by atoms with Crippen LogP contribution in [-0.4, -0.2) is 72.9 Å². The third-order valence-corrected chi connectivity index (χ3v) is 16.6. The zero-order valence-electron chi connectivity index (χ0n) is 31.8. The Morgan fingerprint density at radius 3 is 2.45 bits per heavy atom. The second kappa shape index (κ2) is 15.2. The quantitative estimate of drug-likeness (QED) is 0.175. The molecule has 3 heterocycles. The highest BCUT2D eigenvalue weighted by Crippen LogP contribution is 2.60. The lowest BCUT2D eigenvalue weighted by Crippen LogP contribution is -2.52. The molecule has 12 heteroatoms. The number of ether oxygens (including phenoxy) is 2. The van der Waals surface area contributed by atoms with E-state index >= 15 is 4.79 Å². The molecule has 0 unspecified atom stereocenters. The lowest BCUT2D eigenvalue weighted by Gasteiger charge is -2.39. The number of anilines is 2. The maximum atomic E-state index is 15.3. The van der Waals surface area contributed by atoms with Crippen molar-refractivity contribution in [1.29, 1.82) is 0 Å². The zero-order valence-corrected chi connectivity index (χ0v) is 33.5. The number of aliphatic hydroxyl groups excluding tert-OH is 2. The number of amides is 3. The Hall–Kier alpha value is -4.52. The van der Waals surface area contributed by atoms with Gasteiger partial charge in [0.15, 0.2) is 5.60 Å². The van der Waals surface area contributed by atoms with E-state index in [2.05, 4.69) is 37.5 Å². The number of halogens is 1. The molecule has 0 aliphatic carbocycles. The highest BCUT2D eigenvalue weighted by atomic mass is 35.5. The largest absolute Gasteiger partial charge is 0.497 e. The smallest absolute Gasteiger partial charge is 0.264 e. The Morgan fingerprint density at radius 2 is 1.76 bits per heavy atom. The van der Waals surface area contributed by atoms with Crippen LogP contribution < -0.4 is 20.1 Å². The average molecular weight is 782 g/mol. The van der Waals surface area contributed by atoms with Gasteiger partial charge in [0.2, 0.25) is 5.91 Å². The van der Waals surface area contributed by atoms with Gasteiger partial charge in [0, 0.05) is 28.7 Å². The fourth-order valence-corrected chi connectivity index (χ4v) is 13.3. The molecule has 7 rings (SSSR count). The molecule has 4 aromatic carbocycles. The molecule has 3 N–H and O–H groups in total. The molecule has 3 aliphatic heterocycles. The first-order valence-corrected chi connectivity index (χ1v) is 22.2. The minimum Gasteiger partial charge on any atom is -0.497 e. The van der Waals surface area contributed by atoms with Crippen molar-refractivity contribution >= 4 is 54.0 Å². The minimum atomic E-state index is -2.56. The second-order valence-electron chi connectivity index (χ2n) is 15.6. The Labute approximate surface area is 328 Å². The van der Waals surface area contributed by atoms with Gasteiger partial charge in [-0.2, -0.15) is 0 Å². The number of hydrogen-bond donors (Lipinski definition) is 3. The normalized spacial score (nSPS) is 23.7. The Balaban J connectivity index is 1.28. The van der Waals surface area contributed by atoms with Crippen molar-refractivity contribution in [3.05, 3.63) is 118 Å². The summed E-state index contributed by atoms with van der Waals surface area (Å²) in [6, 6.07) is 28.3. The van der Waals surface area contributed by atoms with Crippen molar-refractivity contribution in [2.45, 2.75) is 82.3 Å². The number of methoxy groups -OCH3 is 1. The monoisotopic (exact) mass is 781 g/mol. The average Bonchev–Trinajstić information content (AvgIpc) is 3.59. The fourth-order valence-electron chi connectivity index (χ4n) is 9.15. The molecular weight excluding hydrogens is 734 g/mol. The number of hydrogen-bond acceptors (Lipinski definition) is 7. The third-order valence-electron chi connectivity index (χ3n) is 12.0. The summed E-state index contributed by atoms with van der Waals surface area (Å²) in [5.74, 6) is -0.521. The van der Waals surface area contributed by atoms with E-state index in [0.29, 0.717) is 34.9 Å². The van der Waals surface area contributed by atoms with E-state index in [9.17, 15) is 19.8 Å².